The zero-order valence-electron chi connectivity index (χ0n) is 6.85. The molecule has 0 saturated carbocycles. The van der Waals surface area contributed by atoms with Gasteiger partial charge in [-0.3, -0.25) is 0 Å². The van der Waals surface area contributed by atoms with E-state index in [2.05, 4.69) is 68.8 Å². The van der Waals surface area contributed by atoms with Gasteiger partial charge in [0.1, 0.15) is 0 Å². The number of halogens is 5. The van der Waals surface area contributed by atoms with Crippen LogP contribution < -0.4 is 4.74 Å². The van der Waals surface area contributed by atoms with E-state index in [0.29, 0.717) is 5.75 Å². The first-order chi connectivity index (χ1) is 6.29. The topological polar surface area (TPSA) is 27.1 Å². The predicted octanol–water partition coefficient (Wildman–Crippen LogP) is 3.97. The standard InChI is InChI=1S/C6H5Br4ClN2O/c1-14-4-2-12-13(3-4)6(10,11)5(7,8)9/h2-3H,1H3. The van der Waals surface area contributed by atoms with Crippen LogP contribution in [0.3, 0.4) is 0 Å². The number of hydrogen-bond acceptors (Lipinski definition) is 2. The number of aromatic nitrogens is 2. The van der Waals surface area contributed by atoms with Gasteiger partial charge >= 0.3 is 0 Å². The van der Waals surface area contributed by atoms with Gasteiger partial charge in [-0.2, -0.15) is 5.10 Å². The van der Waals surface area contributed by atoms with E-state index in [9.17, 15) is 0 Å². The maximum Gasteiger partial charge on any atom is 0.224 e. The van der Waals surface area contributed by atoms with E-state index >= 15 is 0 Å². The molecule has 0 N–H and O–H groups in total. The first kappa shape index (κ1) is 13.3. The Balaban J connectivity index is 3.04. The van der Waals surface area contributed by atoms with Crippen LogP contribution in [0.2, 0.25) is 0 Å². The molecule has 0 bridgehead atoms. The van der Waals surface area contributed by atoms with Crippen molar-refractivity contribution in [3.05, 3.63) is 12.4 Å². The minimum absolute atomic E-state index is 0.631. The van der Waals surface area contributed by atoms with Crippen molar-refractivity contribution in [3.8, 4) is 5.75 Å². The highest BCUT2D eigenvalue weighted by Crippen LogP contribution is 2.54. The summed E-state index contributed by atoms with van der Waals surface area (Å²) in [4.78, 5) is 0. The van der Waals surface area contributed by atoms with Gasteiger partial charge in [-0.25, -0.2) is 4.68 Å². The lowest BCUT2D eigenvalue weighted by Crippen LogP contribution is -2.33. The molecule has 1 rings (SSSR count). The zero-order chi connectivity index (χ0) is 11.0. The van der Waals surface area contributed by atoms with Crippen molar-refractivity contribution in [2.45, 2.75) is 6.05 Å². The summed E-state index contributed by atoms with van der Waals surface area (Å²) in [6, 6.07) is 0. The van der Waals surface area contributed by atoms with Crippen LogP contribution in [0, 0.1) is 0 Å². The third-order valence-corrected chi connectivity index (χ3v) is 6.84. The van der Waals surface area contributed by atoms with Crippen LogP contribution in [0.4, 0.5) is 0 Å². The minimum Gasteiger partial charge on any atom is -0.493 e. The molecular formula is C6H5Br4ClN2O. The summed E-state index contributed by atoms with van der Waals surface area (Å²) in [6.07, 6.45) is 3.23. The van der Waals surface area contributed by atoms with Crippen LogP contribution in [0.5, 0.6) is 5.75 Å². The first-order valence-electron chi connectivity index (χ1n) is 3.32. The van der Waals surface area contributed by atoms with Gasteiger partial charge < -0.3 is 4.74 Å². The molecule has 8 heteroatoms. The van der Waals surface area contributed by atoms with Crippen molar-refractivity contribution in [1.82, 2.24) is 9.78 Å². The van der Waals surface area contributed by atoms with Crippen LogP contribution in [-0.2, 0) is 3.91 Å². The third kappa shape index (κ3) is 2.66. The van der Waals surface area contributed by atoms with Crippen LogP contribution >= 0.6 is 75.3 Å². The molecule has 0 aromatic carbocycles. The highest BCUT2D eigenvalue weighted by molar-refractivity contribution is 9.40. The Kier molecular flexibility index (Phi) is 4.37. The van der Waals surface area contributed by atoms with Gasteiger partial charge in [0.05, 0.1) is 19.5 Å². The Morgan fingerprint density at radius 1 is 1.43 bits per heavy atom. The molecule has 1 unspecified atom stereocenters. The highest BCUT2D eigenvalue weighted by Gasteiger charge is 2.46. The Hall–Kier alpha value is 1.22. The number of rotatable bonds is 2. The molecule has 0 fully saturated rings. The van der Waals surface area contributed by atoms with Gasteiger partial charge in [-0.05, 0) is 15.9 Å². The fraction of sp³-hybridized carbons (Fsp3) is 0.500. The third-order valence-electron chi connectivity index (χ3n) is 1.42. The summed E-state index contributed by atoms with van der Waals surface area (Å²) in [7, 11) is 1.56. The largest absolute Gasteiger partial charge is 0.493 e. The molecule has 0 aliphatic heterocycles. The summed E-state index contributed by atoms with van der Waals surface area (Å²) in [5.41, 5.74) is 0. The summed E-state index contributed by atoms with van der Waals surface area (Å²) >= 11 is 19.5. The second kappa shape index (κ2) is 4.61. The van der Waals surface area contributed by atoms with Crippen LogP contribution in [0.1, 0.15) is 0 Å². The Morgan fingerprint density at radius 2 is 2.00 bits per heavy atom. The molecule has 80 valence electrons. The highest BCUT2D eigenvalue weighted by atomic mass is 80.0. The summed E-state index contributed by atoms with van der Waals surface area (Å²) < 4.78 is 4.79. The number of ether oxygens (including phenoxy) is 1. The van der Waals surface area contributed by atoms with Crippen LogP contribution in [0.25, 0.3) is 0 Å². The van der Waals surface area contributed by atoms with Crippen molar-refractivity contribution >= 4 is 75.3 Å². The van der Waals surface area contributed by atoms with Crippen LogP contribution in [-0.4, -0.2) is 19.0 Å². The van der Waals surface area contributed by atoms with Crippen LogP contribution in [0.15, 0.2) is 12.4 Å². The maximum absolute atomic E-state index is 6.23. The molecule has 0 saturated heterocycles. The van der Waals surface area contributed by atoms with Crippen molar-refractivity contribution < 1.29 is 4.74 Å². The summed E-state index contributed by atoms with van der Waals surface area (Å²) in [6.45, 7) is 0. The molecule has 1 aromatic rings. The molecule has 3 nitrogen and oxygen atoms in total. The minimum atomic E-state index is -0.989. The van der Waals surface area contributed by atoms with E-state index < -0.39 is 6.05 Å². The van der Waals surface area contributed by atoms with E-state index in [4.69, 9.17) is 16.3 Å². The van der Waals surface area contributed by atoms with E-state index in [1.807, 2.05) is 0 Å². The molecule has 1 atom stereocenters. The molecule has 0 amide bonds. The zero-order valence-corrected chi connectivity index (χ0v) is 13.9. The van der Waals surface area contributed by atoms with Gasteiger partial charge in [-0.1, -0.05) is 59.4 Å². The quantitative estimate of drug-likeness (QED) is 0.605. The van der Waals surface area contributed by atoms with Crippen molar-refractivity contribution in [2.75, 3.05) is 7.11 Å². The lowest BCUT2D eigenvalue weighted by atomic mass is 10.6. The monoisotopic (exact) mass is 472 g/mol. The molecule has 0 aliphatic rings. The SMILES string of the molecule is COc1cnn(C(Cl)(Br)C(Br)(Br)Br)c1. The van der Waals surface area contributed by atoms with Gasteiger partial charge in [0.15, 0.2) is 7.89 Å². The van der Waals surface area contributed by atoms with Gasteiger partial charge in [0.2, 0.25) is 3.91 Å². The van der Waals surface area contributed by atoms with E-state index in [-0.39, 0.29) is 0 Å². The fourth-order valence-electron chi connectivity index (χ4n) is 0.695. The molecule has 0 radical (unpaired) electrons. The normalized spacial score (nSPS) is 16.4. The lowest BCUT2D eigenvalue weighted by molar-refractivity contribution is 0.413. The number of nitrogens with zero attached hydrogens (tertiary/aromatic N) is 2. The van der Waals surface area contributed by atoms with Gasteiger partial charge in [0, 0.05) is 0 Å². The maximum atomic E-state index is 6.23. The molecule has 1 aromatic heterocycles. The van der Waals surface area contributed by atoms with Gasteiger partial charge in [-0.15, -0.1) is 0 Å². The fourth-order valence-corrected chi connectivity index (χ4v) is 1.53. The average molecular weight is 476 g/mol. The number of hydrogen-bond donors (Lipinski definition) is 0. The Morgan fingerprint density at radius 3 is 2.36 bits per heavy atom. The van der Waals surface area contributed by atoms with Crippen molar-refractivity contribution in [1.29, 1.82) is 0 Å². The van der Waals surface area contributed by atoms with Gasteiger partial charge in [0.25, 0.3) is 0 Å². The van der Waals surface area contributed by atoms with Crippen molar-refractivity contribution in [3.63, 3.8) is 0 Å². The number of methoxy groups -OCH3 is 1. The molecule has 1 heterocycles. The first-order valence-corrected chi connectivity index (χ1v) is 6.87. The van der Waals surface area contributed by atoms with E-state index in [0.717, 1.165) is 0 Å². The molecular weight excluding hydrogens is 471 g/mol. The Labute approximate surface area is 120 Å². The van der Waals surface area contributed by atoms with Crippen molar-refractivity contribution in [2.24, 2.45) is 0 Å². The lowest BCUT2D eigenvalue weighted by Gasteiger charge is -2.28. The summed E-state index contributed by atoms with van der Waals surface area (Å²) in [5.74, 6) is 0.631. The Bertz CT molecular complexity index is 322. The molecule has 14 heavy (non-hydrogen) atoms. The molecule has 0 aliphatic carbocycles. The van der Waals surface area contributed by atoms with E-state index in [1.165, 1.54) is 4.68 Å². The number of alkyl halides is 5. The molecule has 0 spiro atoms. The second-order valence-electron chi connectivity index (χ2n) is 2.36. The van der Waals surface area contributed by atoms with E-state index in [1.54, 1.807) is 19.5 Å². The average Bonchev–Trinajstić information content (AvgIpc) is 2.49. The summed E-state index contributed by atoms with van der Waals surface area (Å²) in [5, 5.41) is 4.05. The smallest absolute Gasteiger partial charge is 0.224 e. The predicted molar refractivity (Wildman–Crippen MR) is 71.0 cm³/mol. The second-order valence-corrected chi connectivity index (χ2v) is 11.3.